The maximum Gasteiger partial charge on any atom is 0.267 e. The van der Waals surface area contributed by atoms with Crippen LogP contribution in [0.15, 0.2) is 60.1 Å². The lowest BCUT2D eigenvalue weighted by Gasteiger charge is -2.03. The molecule has 0 fully saturated rings. The van der Waals surface area contributed by atoms with Gasteiger partial charge in [0.05, 0.1) is 22.8 Å². The van der Waals surface area contributed by atoms with Crippen LogP contribution in [0.5, 0.6) is 0 Å². The minimum Gasteiger partial charge on any atom is -0.297 e. The van der Waals surface area contributed by atoms with Crippen LogP contribution in [0.25, 0.3) is 21.6 Å². The van der Waals surface area contributed by atoms with E-state index < -0.39 is 0 Å². The summed E-state index contributed by atoms with van der Waals surface area (Å²) in [7, 11) is 0. The fourth-order valence-corrected chi connectivity index (χ4v) is 4.97. The van der Waals surface area contributed by atoms with Gasteiger partial charge in [-0.2, -0.15) is 5.10 Å². The number of carbonyl (C=O) groups is 1. The summed E-state index contributed by atoms with van der Waals surface area (Å²) in [5.74, 6) is -0.482. The largest absolute Gasteiger partial charge is 0.297 e. The van der Waals surface area contributed by atoms with Crippen molar-refractivity contribution in [1.82, 2.24) is 19.7 Å². The van der Waals surface area contributed by atoms with Crippen LogP contribution in [0, 0.1) is 12.7 Å². The standard InChI is InChI=1S/C22H16FN5OS2/c1-13-16-10-19(31-21(16)28(27-13)11-14-5-7-15(23)8-6-14)20(29)26-22-25-18(12-30-22)17-4-2-3-9-24-17/h2-10,12H,11H2,1H3,(H,25,26,29). The predicted octanol–water partition coefficient (Wildman–Crippen LogP) is 5.36. The Labute approximate surface area is 185 Å². The summed E-state index contributed by atoms with van der Waals surface area (Å²) in [5.41, 5.74) is 3.27. The van der Waals surface area contributed by atoms with Crippen molar-refractivity contribution in [3.05, 3.63) is 82.1 Å². The Morgan fingerprint density at radius 1 is 1.16 bits per heavy atom. The lowest BCUT2D eigenvalue weighted by molar-refractivity contribution is 0.103. The van der Waals surface area contributed by atoms with Crippen molar-refractivity contribution < 1.29 is 9.18 Å². The number of thiazole rings is 1. The Balaban J connectivity index is 1.37. The first-order chi connectivity index (χ1) is 15.1. The minimum absolute atomic E-state index is 0.212. The van der Waals surface area contributed by atoms with Crippen LogP contribution in [0.1, 0.15) is 20.9 Å². The fourth-order valence-electron chi connectivity index (χ4n) is 3.22. The molecule has 6 nitrogen and oxygen atoms in total. The van der Waals surface area contributed by atoms with Gasteiger partial charge in [0.25, 0.3) is 5.91 Å². The molecular formula is C22H16FN5OS2. The molecule has 154 valence electrons. The van der Waals surface area contributed by atoms with Crippen molar-refractivity contribution >= 4 is 43.9 Å². The molecule has 1 amide bonds. The number of thiophene rings is 1. The molecule has 4 aromatic heterocycles. The van der Waals surface area contributed by atoms with Gasteiger partial charge in [-0.15, -0.1) is 22.7 Å². The van der Waals surface area contributed by atoms with E-state index in [1.807, 2.05) is 41.3 Å². The molecule has 0 aliphatic heterocycles. The molecule has 0 spiro atoms. The molecule has 0 radical (unpaired) electrons. The first-order valence-electron chi connectivity index (χ1n) is 9.46. The van der Waals surface area contributed by atoms with Crippen molar-refractivity contribution in [1.29, 1.82) is 0 Å². The van der Waals surface area contributed by atoms with Gasteiger partial charge in [-0.3, -0.25) is 19.8 Å². The second-order valence-corrected chi connectivity index (χ2v) is 8.79. The minimum atomic E-state index is -0.269. The number of hydrogen-bond acceptors (Lipinski definition) is 6. The molecule has 0 aliphatic carbocycles. The molecule has 5 rings (SSSR count). The quantitative estimate of drug-likeness (QED) is 0.392. The van der Waals surface area contributed by atoms with Crippen molar-refractivity contribution in [2.24, 2.45) is 0 Å². The molecule has 31 heavy (non-hydrogen) atoms. The lowest BCUT2D eigenvalue weighted by Crippen LogP contribution is -2.10. The van der Waals surface area contributed by atoms with E-state index in [0.717, 1.165) is 32.9 Å². The highest BCUT2D eigenvalue weighted by molar-refractivity contribution is 7.20. The van der Waals surface area contributed by atoms with Gasteiger partial charge < -0.3 is 0 Å². The first kappa shape index (κ1) is 19.5. The second kappa shape index (κ2) is 8.01. The van der Waals surface area contributed by atoms with Crippen LogP contribution in [-0.4, -0.2) is 25.7 Å². The van der Waals surface area contributed by atoms with E-state index in [1.54, 1.807) is 18.3 Å². The number of halogens is 1. The predicted molar refractivity (Wildman–Crippen MR) is 121 cm³/mol. The zero-order valence-electron chi connectivity index (χ0n) is 16.4. The fraction of sp³-hybridized carbons (Fsp3) is 0.0909. The molecule has 0 saturated heterocycles. The van der Waals surface area contributed by atoms with E-state index in [1.165, 1.54) is 34.8 Å². The van der Waals surface area contributed by atoms with Crippen molar-refractivity contribution in [2.75, 3.05) is 5.32 Å². The molecule has 9 heteroatoms. The number of hydrogen-bond donors (Lipinski definition) is 1. The molecular weight excluding hydrogens is 433 g/mol. The van der Waals surface area contributed by atoms with Gasteiger partial charge in [-0.25, -0.2) is 9.37 Å². The van der Waals surface area contributed by atoms with Gasteiger partial charge in [-0.05, 0) is 42.8 Å². The van der Waals surface area contributed by atoms with E-state index in [4.69, 9.17) is 0 Å². The number of aromatic nitrogens is 4. The normalized spacial score (nSPS) is 11.2. The van der Waals surface area contributed by atoms with Crippen molar-refractivity contribution in [3.63, 3.8) is 0 Å². The molecule has 0 atom stereocenters. The average Bonchev–Trinajstić information content (AvgIpc) is 3.48. The Hall–Kier alpha value is -3.43. The summed E-state index contributed by atoms with van der Waals surface area (Å²) in [5, 5.41) is 10.8. The summed E-state index contributed by atoms with van der Waals surface area (Å²) < 4.78 is 15.0. The Morgan fingerprint density at radius 2 is 2.00 bits per heavy atom. The molecule has 0 aliphatic rings. The molecule has 0 bridgehead atoms. The summed E-state index contributed by atoms with van der Waals surface area (Å²) in [6, 6.07) is 13.8. The summed E-state index contributed by atoms with van der Waals surface area (Å²) >= 11 is 2.74. The van der Waals surface area contributed by atoms with Crippen LogP contribution < -0.4 is 5.32 Å². The summed E-state index contributed by atoms with van der Waals surface area (Å²) in [6.07, 6.45) is 1.71. The summed E-state index contributed by atoms with van der Waals surface area (Å²) in [6.45, 7) is 2.42. The van der Waals surface area contributed by atoms with Crippen LogP contribution in [0.4, 0.5) is 9.52 Å². The molecule has 0 saturated carbocycles. The molecule has 1 aromatic carbocycles. The zero-order chi connectivity index (χ0) is 21.4. The highest BCUT2D eigenvalue weighted by atomic mass is 32.1. The topological polar surface area (TPSA) is 72.7 Å². The highest BCUT2D eigenvalue weighted by Gasteiger charge is 2.18. The van der Waals surface area contributed by atoms with E-state index in [2.05, 4.69) is 20.4 Å². The molecule has 4 heterocycles. The van der Waals surface area contributed by atoms with Gasteiger partial charge in [-0.1, -0.05) is 18.2 Å². The number of aryl methyl sites for hydroxylation is 1. The number of nitrogens with zero attached hydrogens (tertiary/aromatic N) is 4. The second-order valence-electron chi connectivity index (χ2n) is 6.91. The Bertz CT molecular complexity index is 1370. The van der Waals surface area contributed by atoms with Gasteiger partial charge in [0.1, 0.15) is 16.3 Å². The molecule has 0 unspecified atom stereocenters. The van der Waals surface area contributed by atoms with Gasteiger partial charge in [0.15, 0.2) is 5.13 Å². The van der Waals surface area contributed by atoms with Crippen molar-refractivity contribution in [2.45, 2.75) is 13.5 Å². The third-order valence-corrected chi connectivity index (χ3v) is 6.63. The van der Waals surface area contributed by atoms with Gasteiger partial charge in [0, 0.05) is 17.0 Å². The number of pyridine rings is 1. The van der Waals surface area contributed by atoms with Crippen LogP contribution >= 0.6 is 22.7 Å². The summed E-state index contributed by atoms with van der Waals surface area (Å²) in [4.78, 5) is 23.1. The van der Waals surface area contributed by atoms with Gasteiger partial charge >= 0.3 is 0 Å². The maximum absolute atomic E-state index is 13.2. The number of nitrogens with one attached hydrogen (secondary N) is 1. The van der Waals surface area contributed by atoms with E-state index >= 15 is 0 Å². The number of rotatable bonds is 5. The monoisotopic (exact) mass is 449 g/mol. The zero-order valence-corrected chi connectivity index (χ0v) is 18.0. The van der Waals surface area contributed by atoms with Crippen LogP contribution in [0.2, 0.25) is 0 Å². The lowest BCUT2D eigenvalue weighted by atomic mass is 10.2. The smallest absolute Gasteiger partial charge is 0.267 e. The Morgan fingerprint density at radius 3 is 2.77 bits per heavy atom. The van der Waals surface area contributed by atoms with Gasteiger partial charge in [0.2, 0.25) is 0 Å². The first-order valence-corrected chi connectivity index (χ1v) is 11.2. The number of anilines is 1. The average molecular weight is 450 g/mol. The van der Waals surface area contributed by atoms with Crippen molar-refractivity contribution in [3.8, 4) is 11.4 Å². The number of fused-ring (bicyclic) bond motifs is 1. The number of amides is 1. The number of carbonyl (C=O) groups excluding carboxylic acids is 1. The van der Waals surface area contributed by atoms with E-state index in [0.29, 0.717) is 16.6 Å². The van der Waals surface area contributed by atoms with Crippen LogP contribution in [-0.2, 0) is 6.54 Å². The SMILES string of the molecule is Cc1nn(Cc2ccc(F)cc2)c2sc(C(=O)Nc3nc(-c4ccccn4)cs3)cc12. The molecule has 1 N–H and O–H groups in total. The van der Waals surface area contributed by atoms with E-state index in [9.17, 15) is 9.18 Å². The maximum atomic E-state index is 13.2. The number of benzene rings is 1. The highest BCUT2D eigenvalue weighted by Crippen LogP contribution is 2.30. The Kier molecular flexibility index (Phi) is 5.05. The third kappa shape index (κ3) is 3.97. The van der Waals surface area contributed by atoms with E-state index in [-0.39, 0.29) is 11.7 Å². The third-order valence-electron chi connectivity index (χ3n) is 4.73. The molecule has 5 aromatic rings. The van der Waals surface area contributed by atoms with Crippen LogP contribution in [0.3, 0.4) is 0 Å².